The number of hydrogen-bond donors (Lipinski definition) is 0. The molecule has 2 atom stereocenters. The maximum absolute atomic E-state index is 5.59. The van der Waals surface area contributed by atoms with Gasteiger partial charge in [-0.15, -0.1) is 0 Å². The third-order valence-electron chi connectivity index (χ3n) is 3.48. The monoisotopic (exact) mass is 240 g/mol. The van der Waals surface area contributed by atoms with Crippen LogP contribution >= 0.6 is 0 Å². The molecule has 0 saturated carbocycles. The molecular formula is C16H16O2. The molecule has 92 valence electrons. The Balaban J connectivity index is 1.83. The lowest BCUT2D eigenvalue weighted by Crippen LogP contribution is -2.19. The van der Waals surface area contributed by atoms with Gasteiger partial charge in [-0.05, 0) is 18.1 Å². The average Bonchev–Trinajstić information content (AvgIpc) is 2.85. The van der Waals surface area contributed by atoms with E-state index in [1.807, 2.05) is 36.4 Å². The van der Waals surface area contributed by atoms with Crippen LogP contribution in [0.1, 0.15) is 30.6 Å². The highest BCUT2D eigenvalue weighted by atomic mass is 17.2. The van der Waals surface area contributed by atoms with Gasteiger partial charge < -0.3 is 0 Å². The smallest absolute Gasteiger partial charge is 0.129 e. The van der Waals surface area contributed by atoms with E-state index < -0.39 is 0 Å². The van der Waals surface area contributed by atoms with Crippen LogP contribution < -0.4 is 0 Å². The van der Waals surface area contributed by atoms with Gasteiger partial charge in [-0.25, -0.2) is 9.78 Å². The van der Waals surface area contributed by atoms with E-state index >= 15 is 0 Å². The standard InChI is InChI=1S/C16H16O2/c1-16(14-10-6-3-7-11-14)12-15(17-18-16)13-8-4-2-5-9-13/h2-11,15H,12H2,1H3. The maximum Gasteiger partial charge on any atom is 0.129 e. The van der Waals surface area contributed by atoms with Crippen LogP contribution in [0.4, 0.5) is 0 Å². The third-order valence-corrected chi connectivity index (χ3v) is 3.48. The van der Waals surface area contributed by atoms with E-state index in [0.29, 0.717) is 0 Å². The molecule has 1 aliphatic rings. The van der Waals surface area contributed by atoms with Gasteiger partial charge in [-0.1, -0.05) is 60.7 Å². The van der Waals surface area contributed by atoms with Crippen molar-refractivity contribution in [1.82, 2.24) is 0 Å². The minimum atomic E-state index is -0.359. The summed E-state index contributed by atoms with van der Waals surface area (Å²) in [6.07, 6.45) is 0.845. The average molecular weight is 240 g/mol. The van der Waals surface area contributed by atoms with E-state index in [1.54, 1.807) is 0 Å². The molecule has 2 unspecified atom stereocenters. The van der Waals surface area contributed by atoms with Crippen molar-refractivity contribution in [3.8, 4) is 0 Å². The molecule has 3 rings (SSSR count). The SMILES string of the molecule is CC1(c2ccccc2)CC(c2ccccc2)OO1. The zero-order chi connectivity index (χ0) is 12.4. The fourth-order valence-corrected chi connectivity index (χ4v) is 2.38. The van der Waals surface area contributed by atoms with Gasteiger partial charge in [-0.3, -0.25) is 0 Å². The molecule has 18 heavy (non-hydrogen) atoms. The predicted molar refractivity (Wildman–Crippen MR) is 69.8 cm³/mol. The fourth-order valence-electron chi connectivity index (χ4n) is 2.38. The van der Waals surface area contributed by atoms with Crippen LogP contribution in [-0.2, 0) is 15.4 Å². The summed E-state index contributed by atoms with van der Waals surface area (Å²) in [5.41, 5.74) is 1.96. The molecule has 0 aromatic heterocycles. The zero-order valence-electron chi connectivity index (χ0n) is 10.4. The summed E-state index contributed by atoms with van der Waals surface area (Å²) in [6, 6.07) is 20.4. The van der Waals surface area contributed by atoms with Crippen LogP contribution in [-0.4, -0.2) is 0 Å². The molecule has 0 radical (unpaired) electrons. The van der Waals surface area contributed by atoms with E-state index in [1.165, 1.54) is 0 Å². The maximum atomic E-state index is 5.59. The summed E-state index contributed by atoms with van der Waals surface area (Å²) in [4.78, 5) is 11.1. The van der Waals surface area contributed by atoms with Gasteiger partial charge in [0.15, 0.2) is 0 Å². The molecule has 0 N–H and O–H groups in total. The van der Waals surface area contributed by atoms with Crippen LogP contribution in [0, 0.1) is 0 Å². The van der Waals surface area contributed by atoms with E-state index in [2.05, 4.69) is 31.2 Å². The van der Waals surface area contributed by atoms with E-state index in [4.69, 9.17) is 9.78 Å². The Kier molecular flexibility index (Phi) is 2.90. The summed E-state index contributed by atoms with van der Waals surface area (Å²) in [6.45, 7) is 2.07. The van der Waals surface area contributed by atoms with Crippen molar-refractivity contribution in [1.29, 1.82) is 0 Å². The molecule has 1 saturated heterocycles. The van der Waals surface area contributed by atoms with Gasteiger partial charge in [-0.2, -0.15) is 0 Å². The first-order valence-corrected chi connectivity index (χ1v) is 6.23. The molecular weight excluding hydrogens is 224 g/mol. The number of benzene rings is 2. The highest BCUT2D eigenvalue weighted by Gasteiger charge is 2.40. The van der Waals surface area contributed by atoms with Crippen molar-refractivity contribution in [3.05, 3.63) is 71.8 Å². The lowest BCUT2D eigenvalue weighted by molar-refractivity contribution is -0.328. The van der Waals surface area contributed by atoms with Gasteiger partial charge >= 0.3 is 0 Å². The summed E-state index contributed by atoms with van der Waals surface area (Å²) in [5.74, 6) is 0. The zero-order valence-corrected chi connectivity index (χ0v) is 10.4. The van der Waals surface area contributed by atoms with Crippen molar-refractivity contribution < 1.29 is 9.78 Å². The van der Waals surface area contributed by atoms with E-state index in [9.17, 15) is 0 Å². The summed E-state index contributed by atoms with van der Waals surface area (Å²) >= 11 is 0. The minimum Gasteiger partial charge on any atom is -0.228 e. The van der Waals surface area contributed by atoms with Gasteiger partial charge in [0.1, 0.15) is 11.7 Å². The van der Waals surface area contributed by atoms with Gasteiger partial charge in [0.2, 0.25) is 0 Å². The Labute approximate surface area is 107 Å². The molecule has 2 aromatic carbocycles. The highest BCUT2D eigenvalue weighted by molar-refractivity contribution is 5.25. The van der Waals surface area contributed by atoms with Crippen LogP contribution in [0.3, 0.4) is 0 Å². The molecule has 1 aliphatic heterocycles. The Morgan fingerprint density at radius 1 is 0.944 bits per heavy atom. The molecule has 2 heteroatoms. The molecule has 2 nitrogen and oxygen atoms in total. The normalized spacial score (nSPS) is 27.3. The quantitative estimate of drug-likeness (QED) is 0.739. The van der Waals surface area contributed by atoms with Crippen LogP contribution in [0.2, 0.25) is 0 Å². The van der Waals surface area contributed by atoms with Gasteiger partial charge in [0, 0.05) is 6.42 Å². The Hall–Kier alpha value is -1.64. The molecule has 1 fully saturated rings. The first kappa shape index (κ1) is 11.5. The van der Waals surface area contributed by atoms with Crippen LogP contribution in [0.25, 0.3) is 0 Å². The van der Waals surface area contributed by atoms with Crippen molar-refractivity contribution in [2.24, 2.45) is 0 Å². The highest BCUT2D eigenvalue weighted by Crippen LogP contribution is 2.43. The fraction of sp³-hybridized carbons (Fsp3) is 0.250. The van der Waals surface area contributed by atoms with Crippen LogP contribution in [0.15, 0.2) is 60.7 Å². The van der Waals surface area contributed by atoms with Crippen LogP contribution in [0.5, 0.6) is 0 Å². The van der Waals surface area contributed by atoms with E-state index in [-0.39, 0.29) is 11.7 Å². The number of hydrogen-bond acceptors (Lipinski definition) is 2. The Bertz CT molecular complexity index is 509. The Morgan fingerprint density at radius 2 is 1.56 bits per heavy atom. The second-order valence-electron chi connectivity index (χ2n) is 4.88. The second kappa shape index (κ2) is 4.56. The summed E-state index contributed by atoms with van der Waals surface area (Å²) in [7, 11) is 0. The third kappa shape index (κ3) is 2.05. The molecule has 0 amide bonds. The first-order valence-electron chi connectivity index (χ1n) is 6.23. The lowest BCUT2D eigenvalue weighted by Gasteiger charge is -2.20. The number of rotatable bonds is 2. The second-order valence-corrected chi connectivity index (χ2v) is 4.88. The molecule has 0 bridgehead atoms. The van der Waals surface area contributed by atoms with Crippen molar-refractivity contribution in [2.45, 2.75) is 25.0 Å². The molecule has 1 heterocycles. The summed E-state index contributed by atoms with van der Waals surface area (Å²) in [5, 5.41) is 0. The topological polar surface area (TPSA) is 18.5 Å². The van der Waals surface area contributed by atoms with E-state index in [0.717, 1.165) is 17.5 Å². The van der Waals surface area contributed by atoms with Gasteiger partial charge in [0.25, 0.3) is 0 Å². The predicted octanol–water partition coefficient (Wildman–Crippen LogP) is 4.00. The molecule has 2 aromatic rings. The molecule has 0 spiro atoms. The summed E-state index contributed by atoms with van der Waals surface area (Å²) < 4.78 is 0. The lowest BCUT2D eigenvalue weighted by atomic mass is 9.89. The van der Waals surface area contributed by atoms with Crippen molar-refractivity contribution in [2.75, 3.05) is 0 Å². The van der Waals surface area contributed by atoms with Crippen molar-refractivity contribution >= 4 is 0 Å². The minimum absolute atomic E-state index is 0.0106. The van der Waals surface area contributed by atoms with Crippen molar-refractivity contribution in [3.63, 3.8) is 0 Å². The Morgan fingerprint density at radius 3 is 2.22 bits per heavy atom. The largest absolute Gasteiger partial charge is 0.228 e. The van der Waals surface area contributed by atoms with Gasteiger partial charge in [0.05, 0.1) is 0 Å². The molecule has 0 aliphatic carbocycles. The first-order chi connectivity index (χ1) is 8.78.